The van der Waals surface area contributed by atoms with E-state index in [2.05, 4.69) is 22.7 Å². The Kier molecular flexibility index (Phi) is 6.59. The number of nitrogens with one attached hydrogen (secondary N) is 3. The molecule has 0 bridgehead atoms. The van der Waals surface area contributed by atoms with Crippen molar-refractivity contribution < 1.29 is 19.1 Å². The molecule has 1 aromatic rings. The predicted octanol–water partition coefficient (Wildman–Crippen LogP) is 1.79. The van der Waals surface area contributed by atoms with Crippen molar-refractivity contribution in [3.05, 3.63) is 47.5 Å². The Morgan fingerprint density at radius 1 is 1.30 bits per heavy atom. The molecule has 0 spiro atoms. The van der Waals surface area contributed by atoms with E-state index in [1.54, 1.807) is 32.0 Å². The van der Waals surface area contributed by atoms with Gasteiger partial charge in [-0.05, 0) is 38.1 Å². The van der Waals surface area contributed by atoms with E-state index >= 15 is 0 Å². The molecule has 0 unspecified atom stereocenters. The first-order valence-electron chi connectivity index (χ1n) is 6.69. The molecule has 7 nitrogen and oxygen atoms in total. The van der Waals surface area contributed by atoms with E-state index in [0.717, 1.165) is 0 Å². The van der Waals surface area contributed by atoms with Crippen LogP contribution in [0.15, 0.2) is 36.9 Å². The summed E-state index contributed by atoms with van der Waals surface area (Å²) in [5.41, 5.74) is 3.81. The molecule has 0 fully saturated rings. The quantitative estimate of drug-likeness (QED) is 0.563. The van der Waals surface area contributed by atoms with Gasteiger partial charge in [-0.1, -0.05) is 24.2 Å². The van der Waals surface area contributed by atoms with Gasteiger partial charge >= 0.3 is 6.09 Å². The van der Waals surface area contributed by atoms with Gasteiger partial charge in [-0.3, -0.25) is 20.4 Å². The van der Waals surface area contributed by atoms with Crippen LogP contribution >= 0.6 is 11.6 Å². The van der Waals surface area contributed by atoms with Crippen LogP contribution in [0.1, 0.15) is 24.2 Å². The summed E-state index contributed by atoms with van der Waals surface area (Å²) in [7, 11) is 0. The zero-order valence-electron chi connectivity index (χ0n) is 12.8. The second-order valence-corrected chi connectivity index (χ2v) is 5.50. The third kappa shape index (κ3) is 6.84. The Morgan fingerprint density at radius 3 is 2.61 bits per heavy atom. The highest BCUT2D eigenvalue weighted by Crippen LogP contribution is 2.10. The Labute approximate surface area is 139 Å². The van der Waals surface area contributed by atoms with E-state index in [-0.39, 0.29) is 12.1 Å². The van der Waals surface area contributed by atoms with Crippen molar-refractivity contribution in [2.45, 2.75) is 19.4 Å². The fourth-order valence-corrected chi connectivity index (χ4v) is 1.53. The van der Waals surface area contributed by atoms with Gasteiger partial charge in [0.05, 0.1) is 0 Å². The van der Waals surface area contributed by atoms with Gasteiger partial charge in [0.2, 0.25) is 0 Å². The number of carbonyl (C=O) groups is 3. The molecule has 0 heterocycles. The molecule has 3 N–H and O–H groups in total. The van der Waals surface area contributed by atoms with Gasteiger partial charge in [0.15, 0.2) is 0 Å². The topological polar surface area (TPSA) is 96.5 Å². The molecular formula is C15H18ClN3O4. The van der Waals surface area contributed by atoms with E-state index in [9.17, 15) is 14.4 Å². The van der Waals surface area contributed by atoms with Crippen molar-refractivity contribution in [3.8, 4) is 0 Å². The van der Waals surface area contributed by atoms with Crippen LogP contribution in [0.4, 0.5) is 4.79 Å². The maximum Gasteiger partial charge on any atom is 0.408 e. The number of hydrogen-bond acceptors (Lipinski definition) is 4. The van der Waals surface area contributed by atoms with Crippen LogP contribution in [0.25, 0.3) is 0 Å². The highest BCUT2D eigenvalue weighted by molar-refractivity contribution is 6.30. The van der Waals surface area contributed by atoms with E-state index < -0.39 is 23.5 Å². The van der Waals surface area contributed by atoms with Crippen LogP contribution in [0, 0.1) is 0 Å². The average Bonchev–Trinajstić information content (AvgIpc) is 2.50. The first kappa shape index (κ1) is 18.5. The lowest BCUT2D eigenvalue weighted by Crippen LogP contribution is -2.47. The second kappa shape index (κ2) is 8.19. The van der Waals surface area contributed by atoms with Crippen molar-refractivity contribution in [2.75, 3.05) is 6.54 Å². The molecule has 23 heavy (non-hydrogen) atoms. The fraction of sp³-hybridized carbons (Fsp3) is 0.267. The summed E-state index contributed by atoms with van der Waals surface area (Å²) in [4.78, 5) is 34.8. The molecule has 1 rings (SSSR count). The fourth-order valence-electron chi connectivity index (χ4n) is 1.34. The highest BCUT2D eigenvalue weighted by atomic mass is 35.5. The van der Waals surface area contributed by atoms with Gasteiger partial charge in [0.25, 0.3) is 11.8 Å². The van der Waals surface area contributed by atoms with Gasteiger partial charge in [0, 0.05) is 10.6 Å². The van der Waals surface area contributed by atoms with Gasteiger partial charge in [-0.15, -0.1) is 0 Å². The molecule has 0 radical (unpaired) electrons. The number of alkyl carbamates (subject to hydrolysis) is 1. The molecule has 8 heteroatoms. The maximum atomic E-state index is 11.8. The summed E-state index contributed by atoms with van der Waals surface area (Å²) >= 11 is 5.77. The van der Waals surface area contributed by atoms with Crippen LogP contribution in [0.5, 0.6) is 0 Å². The smallest absolute Gasteiger partial charge is 0.408 e. The van der Waals surface area contributed by atoms with Crippen molar-refractivity contribution in [1.29, 1.82) is 0 Å². The Hall–Kier alpha value is -2.54. The number of hydrogen-bond donors (Lipinski definition) is 3. The lowest BCUT2D eigenvalue weighted by Gasteiger charge is -2.20. The molecule has 1 aromatic carbocycles. The Bertz CT molecular complexity index is 616. The summed E-state index contributed by atoms with van der Waals surface area (Å²) in [5.74, 6) is -1.15. The number of halogens is 1. The van der Waals surface area contributed by atoms with E-state index in [1.165, 1.54) is 12.1 Å². The monoisotopic (exact) mass is 339 g/mol. The van der Waals surface area contributed by atoms with Crippen molar-refractivity contribution in [3.63, 3.8) is 0 Å². The molecule has 0 aromatic heterocycles. The number of benzene rings is 1. The van der Waals surface area contributed by atoms with Gasteiger partial charge < -0.3 is 10.1 Å². The summed E-state index contributed by atoms with van der Waals surface area (Å²) in [6.45, 7) is 6.45. The molecule has 3 amide bonds. The largest absolute Gasteiger partial charge is 0.439 e. The minimum atomic E-state index is -0.846. The minimum absolute atomic E-state index is 0.290. The van der Waals surface area contributed by atoms with Crippen LogP contribution < -0.4 is 16.2 Å². The standard InChI is InChI=1S/C15H18ClN3O4/c1-4-15(2,3)23-14(22)17-9-12(20)18-19-13(21)10-6-5-7-11(16)8-10/h4-8H,1,9H2,2-3H3,(H,17,22)(H,18,20)(H,19,21). The molecule has 0 saturated carbocycles. The molecule has 0 aliphatic rings. The molecular weight excluding hydrogens is 322 g/mol. The summed E-state index contributed by atoms with van der Waals surface area (Å²) < 4.78 is 5.00. The highest BCUT2D eigenvalue weighted by Gasteiger charge is 2.18. The van der Waals surface area contributed by atoms with Crippen LogP contribution in [-0.2, 0) is 9.53 Å². The molecule has 124 valence electrons. The van der Waals surface area contributed by atoms with E-state index in [0.29, 0.717) is 5.02 Å². The zero-order valence-corrected chi connectivity index (χ0v) is 13.6. The van der Waals surface area contributed by atoms with Gasteiger partial charge in [0.1, 0.15) is 12.1 Å². The predicted molar refractivity (Wildman–Crippen MR) is 85.8 cm³/mol. The molecule has 0 aliphatic heterocycles. The summed E-state index contributed by atoms with van der Waals surface area (Å²) in [6, 6.07) is 6.23. The molecule has 0 aliphatic carbocycles. The van der Waals surface area contributed by atoms with Gasteiger partial charge in [-0.25, -0.2) is 4.79 Å². The third-order valence-corrected chi connectivity index (χ3v) is 2.88. The van der Waals surface area contributed by atoms with Crippen LogP contribution in [-0.4, -0.2) is 30.1 Å². The number of hydrazine groups is 1. The average molecular weight is 340 g/mol. The van der Waals surface area contributed by atoms with Crippen molar-refractivity contribution in [2.24, 2.45) is 0 Å². The van der Waals surface area contributed by atoms with Gasteiger partial charge in [-0.2, -0.15) is 0 Å². The molecule has 0 saturated heterocycles. The lowest BCUT2D eigenvalue weighted by atomic mass is 10.1. The van der Waals surface area contributed by atoms with Crippen molar-refractivity contribution >= 4 is 29.5 Å². The summed E-state index contributed by atoms with van der Waals surface area (Å²) in [5, 5.41) is 2.65. The number of ether oxygens (including phenoxy) is 1. The first-order chi connectivity index (χ1) is 10.7. The summed E-state index contributed by atoms with van der Waals surface area (Å²) in [6.07, 6.45) is 0.684. The van der Waals surface area contributed by atoms with Crippen molar-refractivity contribution in [1.82, 2.24) is 16.2 Å². The maximum absolute atomic E-state index is 11.8. The lowest BCUT2D eigenvalue weighted by molar-refractivity contribution is -0.121. The zero-order chi connectivity index (χ0) is 17.5. The van der Waals surface area contributed by atoms with E-state index in [4.69, 9.17) is 16.3 Å². The molecule has 0 atom stereocenters. The Morgan fingerprint density at radius 2 is 2.00 bits per heavy atom. The Balaban J connectivity index is 2.36. The van der Waals surface area contributed by atoms with Crippen LogP contribution in [0.3, 0.4) is 0 Å². The number of rotatable bonds is 5. The second-order valence-electron chi connectivity index (χ2n) is 5.06. The van der Waals surface area contributed by atoms with E-state index in [1.807, 2.05) is 0 Å². The minimum Gasteiger partial charge on any atom is -0.439 e. The normalized spacial score (nSPS) is 10.4. The first-order valence-corrected chi connectivity index (χ1v) is 7.06. The SMILES string of the molecule is C=CC(C)(C)OC(=O)NCC(=O)NNC(=O)c1cccc(Cl)c1. The number of carbonyl (C=O) groups excluding carboxylic acids is 3. The van der Waals surface area contributed by atoms with Crippen LogP contribution in [0.2, 0.25) is 5.02 Å². The number of amides is 3. The third-order valence-electron chi connectivity index (χ3n) is 2.64.